The Morgan fingerprint density at radius 3 is 2.88 bits per heavy atom. The first-order chi connectivity index (χ1) is 7.69. The average Bonchev–Trinajstić information content (AvgIpc) is 2.29. The van der Waals surface area contributed by atoms with Crippen molar-refractivity contribution >= 4 is 0 Å². The molecule has 0 aliphatic carbocycles. The van der Waals surface area contributed by atoms with E-state index in [9.17, 15) is 4.39 Å². The van der Waals surface area contributed by atoms with Crippen LogP contribution < -0.4 is 5.32 Å². The van der Waals surface area contributed by atoms with E-state index in [1.165, 1.54) is 6.07 Å². The van der Waals surface area contributed by atoms with E-state index in [-0.39, 0.29) is 5.82 Å². The van der Waals surface area contributed by atoms with E-state index in [0.29, 0.717) is 18.7 Å². The molecule has 1 atom stereocenters. The van der Waals surface area contributed by atoms with Gasteiger partial charge in [-0.25, -0.2) is 4.39 Å². The van der Waals surface area contributed by atoms with Gasteiger partial charge in [-0.3, -0.25) is 5.32 Å². The van der Waals surface area contributed by atoms with E-state index in [2.05, 4.69) is 11.4 Å². The molecule has 0 saturated carbocycles. The third-order valence-electron chi connectivity index (χ3n) is 2.30. The number of ether oxygens (including phenoxy) is 1. The summed E-state index contributed by atoms with van der Waals surface area (Å²) in [5, 5.41) is 12.0. The molecular formula is C12H15FN2O. The third kappa shape index (κ3) is 3.30. The number of halogens is 1. The van der Waals surface area contributed by atoms with Gasteiger partial charge >= 0.3 is 0 Å². The molecule has 0 saturated heterocycles. The summed E-state index contributed by atoms with van der Waals surface area (Å²) in [5.41, 5.74) is 1.32. The fourth-order valence-corrected chi connectivity index (χ4v) is 1.39. The molecule has 0 fully saturated rings. The molecule has 0 heterocycles. The van der Waals surface area contributed by atoms with E-state index < -0.39 is 6.04 Å². The van der Waals surface area contributed by atoms with Gasteiger partial charge in [0.05, 0.1) is 12.7 Å². The monoisotopic (exact) mass is 222 g/mol. The summed E-state index contributed by atoms with van der Waals surface area (Å²) in [6.07, 6.45) is 0. The van der Waals surface area contributed by atoms with Crippen molar-refractivity contribution in [2.24, 2.45) is 0 Å². The second-order valence-electron chi connectivity index (χ2n) is 3.52. The normalized spacial score (nSPS) is 12.1. The maximum absolute atomic E-state index is 13.0. The van der Waals surface area contributed by atoms with Gasteiger partial charge in [-0.2, -0.15) is 5.26 Å². The van der Waals surface area contributed by atoms with Crippen molar-refractivity contribution in [2.45, 2.75) is 13.0 Å². The number of nitriles is 1. The largest absolute Gasteiger partial charge is 0.383 e. The molecule has 1 rings (SSSR count). The van der Waals surface area contributed by atoms with Crippen molar-refractivity contribution in [3.05, 3.63) is 35.1 Å². The number of hydrogen-bond acceptors (Lipinski definition) is 3. The van der Waals surface area contributed by atoms with Crippen LogP contribution in [0.3, 0.4) is 0 Å². The minimum absolute atomic E-state index is 0.252. The summed E-state index contributed by atoms with van der Waals surface area (Å²) in [6, 6.07) is 6.40. The molecule has 0 aromatic heterocycles. The molecule has 3 nitrogen and oxygen atoms in total. The smallest absolute Gasteiger partial charge is 0.126 e. The number of hydrogen-bond donors (Lipinski definition) is 1. The molecule has 16 heavy (non-hydrogen) atoms. The Morgan fingerprint density at radius 1 is 1.56 bits per heavy atom. The molecule has 1 unspecified atom stereocenters. The molecule has 0 spiro atoms. The van der Waals surface area contributed by atoms with Crippen LogP contribution in [0.1, 0.15) is 17.2 Å². The first-order valence-corrected chi connectivity index (χ1v) is 5.07. The van der Waals surface area contributed by atoms with Crippen LogP contribution in [-0.2, 0) is 4.74 Å². The summed E-state index contributed by atoms with van der Waals surface area (Å²) in [6.45, 7) is 2.81. The lowest BCUT2D eigenvalue weighted by Crippen LogP contribution is -2.24. The summed E-state index contributed by atoms with van der Waals surface area (Å²) < 4.78 is 17.9. The Balaban J connectivity index is 2.72. The second kappa shape index (κ2) is 6.21. The molecule has 86 valence electrons. The Hall–Kier alpha value is -1.44. The van der Waals surface area contributed by atoms with Gasteiger partial charge < -0.3 is 4.74 Å². The fourth-order valence-electron chi connectivity index (χ4n) is 1.39. The lowest BCUT2D eigenvalue weighted by Gasteiger charge is -2.12. The Bertz CT molecular complexity index is 387. The van der Waals surface area contributed by atoms with Gasteiger partial charge in [0.1, 0.15) is 11.9 Å². The minimum Gasteiger partial charge on any atom is -0.383 e. The van der Waals surface area contributed by atoms with Crippen LogP contribution in [0.15, 0.2) is 18.2 Å². The molecule has 1 N–H and O–H groups in total. The first-order valence-electron chi connectivity index (χ1n) is 5.07. The maximum Gasteiger partial charge on any atom is 0.126 e. The summed E-state index contributed by atoms with van der Waals surface area (Å²) >= 11 is 0. The maximum atomic E-state index is 13.0. The molecular weight excluding hydrogens is 207 g/mol. The second-order valence-corrected chi connectivity index (χ2v) is 3.52. The minimum atomic E-state index is -0.422. The van der Waals surface area contributed by atoms with Crippen molar-refractivity contribution in [3.8, 4) is 6.07 Å². The van der Waals surface area contributed by atoms with Gasteiger partial charge in [0, 0.05) is 13.7 Å². The third-order valence-corrected chi connectivity index (χ3v) is 2.30. The van der Waals surface area contributed by atoms with Crippen molar-refractivity contribution in [1.29, 1.82) is 5.26 Å². The molecule has 4 heteroatoms. The summed E-state index contributed by atoms with van der Waals surface area (Å²) in [7, 11) is 1.60. The zero-order valence-corrected chi connectivity index (χ0v) is 9.46. The molecule has 0 amide bonds. The van der Waals surface area contributed by atoms with Crippen LogP contribution in [0.5, 0.6) is 0 Å². The Kier molecular flexibility index (Phi) is 4.90. The molecule has 1 aromatic rings. The van der Waals surface area contributed by atoms with Crippen LogP contribution in [0.2, 0.25) is 0 Å². The number of nitrogens with one attached hydrogen (secondary N) is 1. The predicted octanol–water partition coefficient (Wildman–Crippen LogP) is 1.93. The van der Waals surface area contributed by atoms with Crippen LogP contribution in [0.4, 0.5) is 4.39 Å². The number of methoxy groups -OCH3 is 1. The lowest BCUT2D eigenvalue weighted by molar-refractivity contribution is 0.198. The SMILES string of the molecule is COCCNC(C#N)c1ccc(F)c(C)c1. The molecule has 0 radical (unpaired) electrons. The molecule has 0 bridgehead atoms. The Morgan fingerprint density at radius 2 is 2.31 bits per heavy atom. The number of rotatable bonds is 5. The highest BCUT2D eigenvalue weighted by Crippen LogP contribution is 2.15. The highest BCUT2D eigenvalue weighted by molar-refractivity contribution is 5.29. The summed E-state index contributed by atoms with van der Waals surface area (Å²) in [4.78, 5) is 0. The van der Waals surface area contributed by atoms with Gasteiger partial charge in [-0.05, 0) is 24.1 Å². The van der Waals surface area contributed by atoms with E-state index in [4.69, 9.17) is 10.00 Å². The Labute approximate surface area is 94.8 Å². The van der Waals surface area contributed by atoms with Gasteiger partial charge in [0.2, 0.25) is 0 Å². The highest BCUT2D eigenvalue weighted by Gasteiger charge is 2.10. The topological polar surface area (TPSA) is 45.0 Å². The standard InChI is InChI=1S/C12H15FN2O/c1-9-7-10(3-4-11(9)13)12(8-14)15-5-6-16-2/h3-4,7,12,15H,5-6H2,1-2H3. The molecule has 0 aliphatic heterocycles. The van der Waals surface area contributed by atoms with Crippen LogP contribution >= 0.6 is 0 Å². The van der Waals surface area contributed by atoms with Crippen LogP contribution in [-0.4, -0.2) is 20.3 Å². The summed E-state index contributed by atoms with van der Waals surface area (Å²) in [5.74, 6) is -0.252. The van der Waals surface area contributed by atoms with Gasteiger partial charge in [-0.1, -0.05) is 12.1 Å². The van der Waals surface area contributed by atoms with Crippen LogP contribution in [0.25, 0.3) is 0 Å². The zero-order chi connectivity index (χ0) is 12.0. The zero-order valence-electron chi connectivity index (χ0n) is 9.46. The van der Waals surface area contributed by atoms with Gasteiger partial charge in [-0.15, -0.1) is 0 Å². The average molecular weight is 222 g/mol. The van der Waals surface area contributed by atoms with Crippen molar-refractivity contribution in [1.82, 2.24) is 5.32 Å². The van der Waals surface area contributed by atoms with E-state index in [0.717, 1.165) is 5.56 Å². The van der Waals surface area contributed by atoms with Crippen molar-refractivity contribution in [2.75, 3.05) is 20.3 Å². The number of benzene rings is 1. The van der Waals surface area contributed by atoms with E-state index in [1.807, 2.05) is 0 Å². The predicted molar refractivity (Wildman–Crippen MR) is 59.4 cm³/mol. The van der Waals surface area contributed by atoms with Crippen LogP contribution in [0, 0.1) is 24.1 Å². The van der Waals surface area contributed by atoms with Crippen molar-refractivity contribution in [3.63, 3.8) is 0 Å². The van der Waals surface area contributed by atoms with E-state index in [1.54, 1.807) is 26.2 Å². The highest BCUT2D eigenvalue weighted by atomic mass is 19.1. The van der Waals surface area contributed by atoms with E-state index >= 15 is 0 Å². The van der Waals surface area contributed by atoms with Crippen molar-refractivity contribution < 1.29 is 9.13 Å². The number of nitrogens with zero attached hydrogens (tertiary/aromatic N) is 1. The fraction of sp³-hybridized carbons (Fsp3) is 0.417. The van der Waals surface area contributed by atoms with Gasteiger partial charge in [0.15, 0.2) is 0 Å². The lowest BCUT2D eigenvalue weighted by atomic mass is 10.1. The molecule has 0 aliphatic rings. The number of aryl methyl sites for hydroxylation is 1. The molecule has 1 aromatic carbocycles. The van der Waals surface area contributed by atoms with Gasteiger partial charge in [0.25, 0.3) is 0 Å². The quantitative estimate of drug-likeness (QED) is 0.774. The first kappa shape index (κ1) is 12.6.